The van der Waals surface area contributed by atoms with Gasteiger partial charge in [-0.25, -0.2) is 0 Å². The van der Waals surface area contributed by atoms with Gasteiger partial charge in [0.2, 0.25) is 0 Å². The zero-order chi connectivity index (χ0) is 11.9. The highest BCUT2D eigenvalue weighted by Crippen LogP contribution is 2.10. The zero-order valence-corrected chi connectivity index (χ0v) is 10.6. The number of hydrogen-bond donors (Lipinski definition) is 1. The highest BCUT2D eigenvalue weighted by atomic mass is 32.2. The van der Waals surface area contributed by atoms with Gasteiger partial charge in [-0.1, -0.05) is 0 Å². The second kappa shape index (κ2) is 7.09. The molecule has 0 aromatic heterocycles. The third kappa shape index (κ3) is 10.0. The molecule has 0 bridgehead atoms. The Morgan fingerprint density at radius 3 is 2.53 bits per heavy atom. The van der Waals surface area contributed by atoms with Crippen LogP contribution in [0.3, 0.4) is 0 Å². The van der Waals surface area contributed by atoms with E-state index in [1.54, 1.807) is 0 Å². The van der Waals surface area contributed by atoms with Gasteiger partial charge < -0.3 is 14.6 Å². The van der Waals surface area contributed by atoms with Gasteiger partial charge in [0.15, 0.2) is 0 Å². The maximum absolute atomic E-state index is 11.2. The standard InChI is InChI=1S/C10H20O4S/c1-10(2,3)14-9(12)7-15-6-8(11)5-13-4/h8,11H,5-7H2,1-4H3. The lowest BCUT2D eigenvalue weighted by Crippen LogP contribution is -2.25. The number of methoxy groups -OCH3 is 1. The van der Waals surface area contributed by atoms with E-state index in [0.29, 0.717) is 12.4 Å². The minimum atomic E-state index is -0.526. The van der Waals surface area contributed by atoms with E-state index >= 15 is 0 Å². The van der Waals surface area contributed by atoms with Gasteiger partial charge in [-0.3, -0.25) is 4.79 Å². The van der Waals surface area contributed by atoms with Crippen molar-refractivity contribution in [2.24, 2.45) is 0 Å². The second-order valence-electron chi connectivity index (χ2n) is 4.21. The average molecular weight is 236 g/mol. The summed E-state index contributed by atoms with van der Waals surface area (Å²) in [6.45, 7) is 5.78. The van der Waals surface area contributed by atoms with E-state index in [2.05, 4.69) is 0 Å². The van der Waals surface area contributed by atoms with E-state index < -0.39 is 11.7 Å². The lowest BCUT2D eigenvalue weighted by molar-refractivity contribution is -0.151. The fraction of sp³-hybridized carbons (Fsp3) is 0.900. The third-order valence-corrected chi connectivity index (χ3v) is 2.37. The van der Waals surface area contributed by atoms with Crippen LogP contribution >= 0.6 is 11.8 Å². The van der Waals surface area contributed by atoms with Crippen molar-refractivity contribution in [1.82, 2.24) is 0 Å². The number of ether oxygens (including phenoxy) is 2. The Hall–Kier alpha value is -0.260. The lowest BCUT2D eigenvalue weighted by Gasteiger charge is -2.19. The molecule has 0 rings (SSSR count). The van der Waals surface area contributed by atoms with Crippen LogP contribution in [0.15, 0.2) is 0 Å². The van der Waals surface area contributed by atoms with E-state index in [-0.39, 0.29) is 11.7 Å². The first-order valence-corrected chi connectivity index (χ1v) is 5.97. The summed E-state index contributed by atoms with van der Waals surface area (Å²) in [5.41, 5.74) is -0.442. The van der Waals surface area contributed by atoms with E-state index in [4.69, 9.17) is 9.47 Å². The van der Waals surface area contributed by atoms with Gasteiger partial charge >= 0.3 is 5.97 Å². The van der Waals surface area contributed by atoms with Crippen molar-refractivity contribution in [2.45, 2.75) is 32.5 Å². The number of carbonyl (C=O) groups is 1. The zero-order valence-electron chi connectivity index (χ0n) is 9.78. The number of thioether (sulfide) groups is 1. The van der Waals surface area contributed by atoms with Gasteiger partial charge in [0.25, 0.3) is 0 Å². The molecule has 0 saturated carbocycles. The van der Waals surface area contributed by atoms with Crippen LogP contribution in [0.5, 0.6) is 0 Å². The molecule has 15 heavy (non-hydrogen) atoms. The van der Waals surface area contributed by atoms with Crippen LogP contribution in [0, 0.1) is 0 Å². The predicted molar refractivity (Wildman–Crippen MR) is 61.1 cm³/mol. The number of rotatable bonds is 6. The SMILES string of the molecule is COCC(O)CSCC(=O)OC(C)(C)C. The molecule has 4 nitrogen and oxygen atoms in total. The highest BCUT2D eigenvalue weighted by Gasteiger charge is 2.16. The number of hydrogen-bond acceptors (Lipinski definition) is 5. The highest BCUT2D eigenvalue weighted by molar-refractivity contribution is 7.99. The quantitative estimate of drug-likeness (QED) is 0.699. The van der Waals surface area contributed by atoms with Crippen LogP contribution < -0.4 is 0 Å². The van der Waals surface area contributed by atoms with E-state index in [1.807, 2.05) is 20.8 Å². The maximum atomic E-state index is 11.2. The van der Waals surface area contributed by atoms with E-state index in [1.165, 1.54) is 18.9 Å². The van der Waals surface area contributed by atoms with Crippen molar-refractivity contribution in [3.63, 3.8) is 0 Å². The van der Waals surface area contributed by atoms with Crippen molar-refractivity contribution in [3.05, 3.63) is 0 Å². The normalized spacial score (nSPS) is 13.7. The summed E-state index contributed by atoms with van der Waals surface area (Å²) in [6, 6.07) is 0. The summed E-state index contributed by atoms with van der Waals surface area (Å²) >= 11 is 1.35. The number of aliphatic hydroxyl groups excluding tert-OH is 1. The summed E-state index contributed by atoms with van der Waals surface area (Å²) < 4.78 is 9.87. The molecular formula is C10H20O4S. The molecule has 1 unspecified atom stereocenters. The Morgan fingerprint density at radius 1 is 1.47 bits per heavy atom. The Morgan fingerprint density at radius 2 is 2.07 bits per heavy atom. The Balaban J connectivity index is 3.55. The van der Waals surface area contributed by atoms with Gasteiger partial charge in [0.1, 0.15) is 5.60 Å². The molecule has 0 fully saturated rings. The van der Waals surface area contributed by atoms with Crippen LogP contribution in [-0.2, 0) is 14.3 Å². The molecule has 0 aliphatic heterocycles. The first-order valence-electron chi connectivity index (χ1n) is 4.81. The molecule has 0 radical (unpaired) electrons. The van der Waals surface area contributed by atoms with Gasteiger partial charge in [0.05, 0.1) is 18.5 Å². The van der Waals surface area contributed by atoms with Crippen LogP contribution in [0.1, 0.15) is 20.8 Å². The van der Waals surface area contributed by atoms with Crippen LogP contribution in [-0.4, -0.2) is 48.0 Å². The maximum Gasteiger partial charge on any atom is 0.316 e. The molecule has 0 aromatic carbocycles. The van der Waals surface area contributed by atoms with Crippen LogP contribution in [0.2, 0.25) is 0 Å². The molecule has 0 aromatic rings. The first-order chi connectivity index (χ1) is 6.85. The molecule has 0 spiro atoms. The molecule has 1 N–H and O–H groups in total. The molecule has 5 heteroatoms. The topological polar surface area (TPSA) is 55.8 Å². The summed E-state index contributed by atoms with van der Waals surface area (Å²) in [5, 5.41) is 9.30. The monoisotopic (exact) mass is 236 g/mol. The number of esters is 1. The predicted octanol–water partition coefficient (Wildman–Crippen LogP) is 1.07. The molecule has 0 amide bonds. The first kappa shape index (κ1) is 14.7. The summed E-state index contributed by atoms with van der Waals surface area (Å²) in [7, 11) is 1.53. The molecule has 1 atom stereocenters. The minimum absolute atomic E-state index is 0.253. The fourth-order valence-electron chi connectivity index (χ4n) is 0.890. The Labute approximate surface area is 95.3 Å². The summed E-state index contributed by atoms with van der Waals surface area (Å²) in [4.78, 5) is 11.2. The molecule has 90 valence electrons. The fourth-order valence-corrected chi connectivity index (χ4v) is 1.60. The number of aliphatic hydroxyl groups is 1. The molecule has 0 aliphatic carbocycles. The minimum Gasteiger partial charge on any atom is -0.459 e. The van der Waals surface area contributed by atoms with Gasteiger partial charge in [-0.2, -0.15) is 0 Å². The Kier molecular flexibility index (Phi) is 6.96. The molecule has 0 saturated heterocycles. The van der Waals surface area contributed by atoms with Crippen molar-refractivity contribution in [3.8, 4) is 0 Å². The van der Waals surface area contributed by atoms with Crippen LogP contribution in [0.25, 0.3) is 0 Å². The van der Waals surface area contributed by atoms with Gasteiger partial charge in [0, 0.05) is 12.9 Å². The largest absolute Gasteiger partial charge is 0.459 e. The molecular weight excluding hydrogens is 216 g/mol. The summed E-state index contributed by atoms with van der Waals surface area (Å²) in [5.74, 6) is 0.489. The van der Waals surface area contributed by atoms with Gasteiger partial charge in [-0.15, -0.1) is 11.8 Å². The Bertz CT molecular complexity index is 188. The third-order valence-electron chi connectivity index (χ3n) is 1.31. The molecule has 0 aliphatic rings. The lowest BCUT2D eigenvalue weighted by atomic mass is 10.2. The van der Waals surface area contributed by atoms with Crippen molar-refractivity contribution >= 4 is 17.7 Å². The van der Waals surface area contributed by atoms with E-state index in [9.17, 15) is 9.90 Å². The number of carbonyl (C=O) groups excluding carboxylic acids is 1. The van der Waals surface area contributed by atoms with Crippen LogP contribution in [0.4, 0.5) is 0 Å². The summed E-state index contributed by atoms with van der Waals surface area (Å²) in [6.07, 6.45) is -0.526. The molecule has 0 heterocycles. The van der Waals surface area contributed by atoms with Crippen molar-refractivity contribution in [1.29, 1.82) is 0 Å². The second-order valence-corrected chi connectivity index (χ2v) is 5.24. The van der Waals surface area contributed by atoms with Crippen molar-refractivity contribution in [2.75, 3.05) is 25.2 Å². The smallest absolute Gasteiger partial charge is 0.316 e. The van der Waals surface area contributed by atoms with E-state index in [0.717, 1.165) is 0 Å². The average Bonchev–Trinajstić information content (AvgIpc) is 2.00. The van der Waals surface area contributed by atoms with Crippen molar-refractivity contribution < 1.29 is 19.4 Å². The van der Waals surface area contributed by atoms with Gasteiger partial charge in [-0.05, 0) is 20.8 Å².